The molecule has 0 radical (unpaired) electrons. The average Bonchev–Trinajstić information content (AvgIpc) is 2.98. The van der Waals surface area contributed by atoms with Crippen molar-refractivity contribution in [2.75, 3.05) is 6.61 Å². The fourth-order valence-corrected chi connectivity index (χ4v) is 1.83. The molecule has 0 aliphatic rings. The quantitative estimate of drug-likeness (QED) is 0.844. The highest BCUT2D eigenvalue weighted by atomic mass is 35.5. The summed E-state index contributed by atoms with van der Waals surface area (Å²) >= 11 is 11.6. The second-order valence-electron chi connectivity index (χ2n) is 3.84. The fourth-order valence-electron chi connectivity index (χ4n) is 1.37. The van der Waals surface area contributed by atoms with E-state index in [1.807, 2.05) is 0 Å². The number of benzene rings is 1. The van der Waals surface area contributed by atoms with Crippen LogP contribution in [-0.4, -0.2) is 18.4 Å². The highest BCUT2D eigenvalue weighted by molar-refractivity contribution is 6.35. The van der Waals surface area contributed by atoms with Crippen molar-refractivity contribution in [3.05, 3.63) is 52.4 Å². The first kappa shape index (κ1) is 15.2. The Morgan fingerprint density at radius 2 is 2.00 bits per heavy atom. The number of hydrogen-bond donors (Lipinski definition) is 2. The highest BCUT2D eigenvalue weighted by Gasteiger charge is 2.10. The maximum atomic E-state index is 11.5. The second-order valence-corrected chi connectivity index (χ2v) is 4.69. The van der Waals surface area contributed by atoms with Crippen LogP contribution >= 0.6 is 23.2 Å². The minimum atomic E-state index is -0.571. The SMILES string of the molecule is O=C(COc1ccc(Cl)cc1Cl)NNC(=O)c1ccco1. The molecule has 0 saturated carbocycles. The summed E-state index contributed by atoms with van der Waals surface area (Å²) < 4.78 is 10.1. The molecule has 0 bridgehead atoms. The third-order valence-electron chi connectivity index (χ3n) is 2.31. The number of rotatable bonds is 4. The third kappa shape index (κ3) is 4.40. The average molecular weight is 329 g/mol. The van der Waals surface area contributed by atoms with Gasteiger partial charge in [0.25, 0.3) is 5.91 Å². The van der Waals surface area contributed by atoms with Gasteiger partial charge >= 0.3 is 5.91 Å². The number of furan rings is 1. The summed E-state index contributed by atoms with van der Waals surface area (Å²) in [7, 11) is 0. The minimum absolute atomic E-state index is 0.0805. The van der Waals surface area contributed by atoms with Gasteiger partial charge in [0.2, 0.25) is 0 Å². The highest BCUT2D eigenvalue weighted by Crippen LogP contribution is 2.27. The van der Waals surface area contributed by atoms with Gasteiger partial charge in [-0.25, -0.2) is 0 Å². The Bertz CT molecular complexity index is 644. The van der Waals surface area contributed by atoms with Crippen molar-refractivity contribution in [1.82, 2.24) is 10.9 Å². The van der Waals surface area contributed by atoms with Crippen LogP contribution in [0.4, 0.5) is 0 Å². The van der Waals surface area contributed by atoms with Crippen molar-refractivity contribution >= 4 is 35.0 Å². The number of nitrogens with one attached hydrogen (secondary N) is 2. The van der Waals surface area contributed by atoms with Crippen LogP contribution in [0, 0.1) is 0 Å². The summed E-state index contributed by atoms with van der Waals surface area (Å²) in [5, 5.41) is 0.748. The van der Waals surface area contributed by atoms with E-state index >= 15 is 0 Å². The lowest BCUT2D eigenvalue weighted by Gasteiger charge is -2.09. The van der Waals surface area contributed by atoms with Gasteiger partial charge < -0.3 is 9.15 Å². The molecular weight excluding hydrogens is 319 g/mol. The Morgan fingerprint density at radius 3 is 2.67 bits per heavy atom. The lowest BCUT2D eigenvalue weighted by molar-refractivity contribution is -0.123. The summed E-state index contributed by atoms with van der Waals surface area (Å²) in [6, 6.07) is 7.64. The lowest BCUT2D eigenvalue weighted by atomic mass is 10.3. The molecule has 2 N–H and O–H groups in total. The van der Waals surface area contributed by atoms with Gasteiger partial charge in [0.15, 0.2) is 12.4 Å². The van der Waals surface area contributed by atoms with E-state index in [1.165, 1.54) is 18.4 Å². The maximum Gasteiger partial charge on any atom is 0.305 e. The van der Waals surface area contributed by atoms with Crippen molar-refractivity contribution in [3.8, 4) is 5.75 Å². The van der Waals surface area contributed by atoms with Crippen LogP contribution in [0.25, 0.3) is 0 Å². The molecule has 1 aromatic carbocycles. The van der Waals surface area contributed by atoms with Gasteiger partial charge in [-0.15, -0.1) is 0 Å². The topological polar surface area (TPSA) is 80.6 Å². The first-order chi connectivity index (χ1) is 10.1. The van der Waals surface area contributed by atoms with Crippen LogP contribution < -0.4 is 15.6 Å². The van der Waals surface area contributed by atoms with Crippen molar-refractivity contribution in [2.45, 2.75) is 0 Å². The third-order valence-corrected chi connectivity index (χ3v) is 2.84. The number of carbonyl (C=O) groups excluding carboxylic acids is 2. The van der Waals surface area contributed by atoms with Gasteiger partial charge in [-0.1, -0.05) is 23.2 Å². The smallest absolute Gasteiger partial charge is 0.305 e. The van der Waals surface area contributed by atoms with E-state index in [-0.39, 0.29) is 17.4 Å². The molecule has 0 saturated heterocycles. The van der Waals surface area contributed by atoms with Crippen molar-refractivity contribution in [1.29, 1.82) is 0 Å². The number of hydrazine groups is 1. The van der Waals surface area contributed by atoms with E-state index in [0.717, 1.165) is 0 Å². The predicted octanol–water partition coefficient (Wildman–Crippen LogP) is 2.43. The zero-order valence-corrected chi connectivity index (χ0v) is 12.1. The number of halogens is 2. The Labute approximate surface area is 129 Å². The number of hydrogen-bond acceptors (Lipinski definition) is 4. The molecule has 110 valence electrons. The molecule has 1 aromatic heterocycles. The maximum absolute atomic E-state index is 11.5. The number of amides is 2. The summed E-state index contributed by atoms with van der Waals surface area (Å²) in [6.45, 7) is -0.320. The fraction of sp³-hybridized carbons (Fsp3) is 0.0769. The van der Waals surface area contributed by atoms with Crippen molar-refractivity contribution in [2.24, 2.45) is 0 Å². The van der Waals surface area contributed by atoms with E-state index in [9.17, 15) is 9.59 Å². The van der Waals surface area contributed by atoms with E-state index in [2.05, 4.69) is 10.9 Å². The van der Waals surface area contributed by atoms with Gasteiger partial charge in [0, 0.05) is 5.02 Å². The molecule has 2 amide bonds. The van der Waals surface area contributed by atoms with Gasteiger partial charge in [-0.2, -0.15) is 0 Å². The molecule has 21 heavy (non-hydrogen) atoms. The minimum Gasteiger partial charge on any atom is -0.482 e. The Morgan fingerprint density at radius 1 is 1.19 bits per heavy atom. The van der Waals surface area contributed by atoms with E-state index < -0.39 is 11.8 Å². The first-order valence-corrected chi connectivity index (χ1v) is 6.52. The zero-order valence-electron chi connectivity index (χ0n) is 10.6. The molecule has 2 aromatic rings. The molecule has 8 heteroatoms. The van der Waals surface area contributed by atoms with E-state index in [4.69, 9.17) is 32.4 Å². The van der Waals surface area contributed by atoms with Crippen molar-refractivity contribution < 1.29 is 18.7 Å². The van der Waals surface area contributed by atoms with Crippen molar-refractivity contribution in [3.63, 3.8) is 0 Å². The lowest BCUT2D eigenvalue weighted by Crippen LogP contribution is -2.43. The number of carbonyl (C=O) groups is 2. The van der Waals surface area contributed by atoms with Gasteiger partial charge in [0.05, 0.1) is 11.3 Å². The van der Waals surface area contributed by atoms with E-state index in [0.29, 0.717) is 10.8 Å². The monoisotopic (exact) mass is 328 g/mol. The molecule has 0 aliphatic carbocycles. The Kier molecular flexibility index (Phi) is 5.08. The molecular formula is C13H10Cl2N2O4. The summed E-state index contributed by atoms with van der Waals surface area (Å²) in [6.07, 6.45) is 1.35. The molecule has 2 rings (SSSR count). The Balaban J connectivity index is 1.78. The predicted molar refractivity (Wildman–Crippen MR) is 76.3 cm³/mol. The van der Waals surface area contributed by atoms with Gasteiger partial charge in [-0.3, -0.25) is 20.4 Å². The summed E-state index contributed by atoms with van der Waals surface area (Å²) in [4.78, 5) is 23.0. The largest absolute Gasteiger partial charge is 0.482 e. The zero-order chi connectivity index (χ0) is 15.2. The van der Waals surface area contributed by atoms with Crippen LogP contribution in [0.2, 0.25) is 10.0 Å². The molecule has 0 atom stereocenters. The molecule has 6 nitrogen and oxygen atoms in total. The van der Waals surface area contributed by atoms with Gasteiger partial charge in [-0.05, 0) is 30.3 Å². The molecule has 1 heterocycles. The van der Waals surface area contributed by atoms with E-state index in [1.54, 1.807) is 18.2 Å². The van der Waals surface area contributed by atoms with Crippen LogP contribution in [0.3, 0.4) is 0 Å². The Hall–Kier alpha value is -2.18. The van der Waals surface area contributed by atoms with Crippen LogP contribution in [-0.2, 0) is 4.79 Å². The van der Waals surface area contributed by atoms with Crippen LogP contribution in [0.5, 0.6) is 5.75 Å². The molecule has 0 fully saturated rings. The van der Waals surface area contributed by atoms with Crippen LogP contribution in [0.15, 0.2) is 41.0 Å². The summed E-state index contributed by atoms with van der Waals surface area (Å²) in [5.74, 6) is -0.732. The number of ether oxygens (including phenoxy) is 1. The molecule has 0 spiro atoms. The normalized spacial score (nSPS) is 10.0. The van der Waals surface area contributed by atoms with Gasteiger partial charge in [0.1, 0.15) is 5.75 Å². The second kappa shape index (κ2) is 7.01. The summed E-state index contributed by atoms with van der Waals surface area (Å²) in [5.41, 5.74) is 4.36. The standard InChI is InChI=1S/C13H10Cl2N2O4/c14-8-3-4-10(9(15)6-8)21-7-12(18)16-17-13(19)11-2-1-5-20-11/h1-6H,7H2,(H,16,18)(H,17,19). The molecule has 0 aliphatic heterocycles. The van der Waals surface area contributed by atoms with Crippen LogP contribution in [0.1, 0.15) is 10.6 Å². The first-order valence-electron chi connectivity index (χ1n) is 5.77. The molecule has 0 unspecified atom stereocenters.